The van der Waals surface area contributed by atoms with E-state index >= 15 is 0 Å². The molecule has 0 aliphatic heterocycles. The van der Waals surface area contributed by atoms with Crippen LogP contribution in [0.2, 0.25) is 0 Å². The number of nitrogens with zero attached hydrogens (tertiary/aromatic N) is 9. The van der Waals surface area contributed by atoms with Gasteiger partial charge in [-0.1, -0.05) is 431 Å². The molecular weight excluding hydrogens is 1820 g/mol. The Morgan fingerprint density at radius 2 is 0.386 bits per heavy atom. The predicted molar refractivity (Wildman–Crippen MR) is 611 cm³/mol. The molecule has 0 spiro atoms. The Labute approximate surface area is 846 Å². The van der Waals surface area contributed by atoms with Crippen molar-refractivity contribution in [2.45, 2.75) is 0 Å². The maximum absolute atomic E-state index is 5.19. The van der Waals surface area contributed by atoms with Gasteiger partial charge in [-0.15, -0.1) is 34.0 Å². The van der Waals surface area contributed by atoms with Crippen molar-refractivity contribution in [3.05, 3.63) is 491 Å². The van der Waals surface area contributed by atoms with Crippen molar-refractivity contribution < 1.29 is 0 Å². The lowest BCUT2D eigenvalue weighted by Crippen LogP contribution is -2.01. The van der Waals surface area contributed by atoms with Gasteiger partial charge in [0.1, 0.15) is 0 Å². The van der Waals surface area contributed by atoms with Gasteiger partial charge >= 0.3 is 0 Å². The third-order valence-electron chi connectivity index (χ3n) is 27.7. The lowest BCUT2D eigenvalue weighted by atomic mass is 9.95. The van der Waals surface area contributed by atoms with Crippen molar-refractivity contribution in [3.63, 3.8) is 0 Å². The zero-order valence-corrected chi connectivity index (χ0v) is 80.5. The Morgan fingerprint density at radius 3 is 0.910 bits per heavy atom. The molecule has 0 saturated heterocycles. The lowest BCUT2D eigenvalue weighted by Gasteiger charge is -2.13. The smallest absolute Gasteiger partial charge is 0.164 e. The number of hydrogen-bond donors (Lipinski definition) is 0. The van der Waals surface area contributed by atoms with Crippen LogP contribution in [0.1, 0.15) is 0 Å². The second-order valence-corrected chi connectivity index (χ2v) is 39.7. The van der Waals surface area contributed by atoms with E-state index in [4.69, 9.17) is 44.9 Å². The minimum atomic E-state index is 0.649. The Hall–Kier alpha value is -18.4. The van der Waals surface area contributed by atoms with Gasteiger partial charge < -0.3 is 0 Å². The molecule has 6 heterocycles. The molecule has 12 heteroatoms. The molecule has 0 unspecified atom stereocenters. The number of hydrogen-bond acceptors (Lipinski definition) is 12. The van der Waals surface area contributed by atoms with E-state index < -0.39 is 0 Å². The third kappa shape index (κ3) is 16.2. The van der Waals surface area contributed by atoms with Gasteiger partial charge in [0, 0.05) is 121 Å². The summed E-state index contributed by atoms with van der Waals surface area (Å²) in [6.45, 7) is 0. The zero-order valence-electron chi connectivity index (χ0n) is 78.0. The van der Waals surface area contributed by atoms with E-state index in [1.54, 1.807) is 0 Å². The van der Waals surface area contributed by atoms with Gasteiger partial charge in [-0.25, -0.2) is 44.9 Å². The number of aromatic nitrogens is 9. The van der Waals surface area contributed by atoms with Crippen LogP contribution in [0.5, 0.6) is 0 Å². The van der Waals surface area contributed by atoms with E-state index in [9.17, 15) is 0 Å². The summed E-state index contributed by atoms with van der Waals surface area (Å²) in [6, 6.07) is 174. The highest BCUT2D eigenvalue weighted by molar-refractivity contribution is 7.27. The molecule has 0 fully saturated rings. The quantitative estimate of drug-likeness (QED) is 0.104. The zero-order chi connectivity index (χ0) is 95.8. The van der Waals surface area contributed by atoms with Crippen molar-refractivity contribution in [3.8, 4) is 147 Å². The highest BCUT2D eigenvalue weighted by Gasteiger charge is 2.23. The highest BCUT2D eigenvalue weighted by atomic mass is 32.1. The maximum Gasteiger partial charge on any atom is 0.164 e. The van der Waals surface area contributed by atoms with Crippen LogP contribution in [0.3, 0.4) is 0 Å². The summed E-state index contributed by atoms with van der Waals surface area (Å²) in [4.78, 5) is 45.2. The van der Waals surface area contributed by atoms with E-state index in [1.807, 2.05) is 119 Å². The summed E-state index contributed by atoms with van der Waals surface area (Å²) in [5.74, 6) is 5.90. The van der Waals surface area contributed by atoms with Gasteiger partial charge in [-0.05, 0) is 170 Å². The number of benzene rings is 23. The summed E-state index contributed by atoms with van der Waals surface area (Å²) in [5, 5.41) is 24.9. The summed E-state index contributed by atoms with van der Waals surface area (Å²) in [6.07, 6.45) is 0. The predicted octanol–water partition coefficient (Wildman–Crippen LogP) is 36.5. The van der Waals surface area contributed by atoms with Crippen molar-refractivity contribution in [1.29, 1.82) is 0 Å². The second-order valence-electron chi connectivity index (χ2n) is 36.5. The Balaban J connectivity index is 0.000000108. The Morgan fingerprint density at radius 1 is 0.110 bits per heavy atom. The largest absolute Gasteiger partial charge is 0.208 e. The normalized spacial score (nSPS) is 11.6. The summed E-state index contributed by atoms with van der Waals surface area (Å²) in [7, 11) is 0. The average Bonchev–Trinajstić information content (AvgIpc) is 1.22. The van der Waals surface area contributed by atoms with Crippen LogP contribution < -0.4 is 0 Å². The van der Waals surface area contributed by atoms with E-state index in [2.05, 4.69) is 406 Å². The first-order chi connectivity index (χ1) is 71.8. The van der Waals surface area contributed by atoms with Crippen LogP contribution in [0, 0.1) is 0 Å². The first-order valence-corrected chi connectivity index (χ1v) is 51.0. The van der Waals surface area contributed by atoms with Gasteiger partial charge in [-0.3, -0.25) is 0 Å². The van der Waals surface area contributed by atoms with Gasteiger partial charge in [-0.2, -0.15) is 0 Å². The number of fused-ring (bicyclic) bond motifs is 20. The van der Waals surface area contributed by atoms with Gasteiger partial charge in [0.2, 0.25) is 0 Å². The van der Waals surface area contributed by atoms with Crippen LogP contribution in [-0.4, -0.2) is 44.9 Å². The van der Waals surface area contributed by atoms with Crippen LogP contribution in [0.4, 0.5) is 0 Å². The van der Waals surface area contributed by atoms with Crippen LogP contribution >= 0.6 is 34.0 Å². The molecule has 0 N–H and O–H groups in total. The molecule has 29 aromatic rings. The lowest BCUT2D eigenvalue weighted by molar-refractivity contribution is 1.07. The van der Waals surface area contributed by atoms with Crippen molar-refractivity contribution >= 4 is 170 Å². The fourth-order valence-electron chi connectivity index (χ4n) is 20.4. The fraction of sp³-hybridized carbons (Fsp3) is 0. The molecule has 0 amide bonds. The standard InChI is InChI=1S/C47H29N3S.C45H27N3S.C41H25N3S/c1-3-10-30(11-4-1)31-18-20-33(21-19-31)46-48-45(32-12-5-2-6-13-32)49-47(50-46)37-24-25-39-34(29-37)14-9-16-38(39)35-22-26-40-36(28-35)23-27-42-41-15-7-8-17-43(41)51-44(40)42;1-2-11-29(12-3-1)43-46-44(48-45(47-43)40-27-32-13-4-5-16-34(32)35-17-6-7-18-36(35)40)33-15-10-14-30(25-33)31-22-21-28-23-24-38-37-19-8-9-20-41(37)49-42(38)39(28)26-31;1-2-9-29(10-3-1)39-42-40(44-41(43-39)33-21-16-26-8-4-5-11-31(26)24-33)30-18-14-27(15-19-30)32-20-17-28-22-23-35-34-12-6-7-13-37(34)45-38(35)36(28)25-32/h1-29H;1-27H;1-25H. The molecule has 0 radical (unpaired) electrons. The molecule has 0 atom stereocenters. The topological polar surface area (TPSA) is 116 Å². The Kier molecular flexibility index (Phi) is 21.7. The van der Waals surface area contributed by atoms with Crippen LogP contribution in [0.15, 0.2) is 491 Å². The molecule has 145 heavy (non-hydrogen) atoms. The van der Waals surface area contributed by atoms with E-state index in [0.717, 1.165) is 93.9 Å². The minimum Gasteiger partial charge on any atom is -0.208 e. The third-order valence-corrected chi connectivity index (χ3v) is 31.4. The summed E-state index contributed by atoms with van der Waals surface area (Å²) < 4.78 is 7.99. The van der Waals surface area contributed by atoms with Crippen LogP contribution in [0.25, 0.3) is 283 Å². The number of rotatable bonds is 13. The molecule has 0 aliphatic carbocycles. The van der Waals surface area contributed by atoms with Crippen LogP contribution in [-0.2, 0) is 0 Å². The van der Waals surface area contributed by atoms with E-state index in [1.165, 1.54) is 137 Å². The first kappa shape index (κ1) is 85.7. The molecule has 0 aliphatic rings. The van der Waals surface area contributed by atoms with Crippen molar-refractivity contribution in [2.24, 2.45) is 0 Å². The monoisotopic (exact) mass is 1900 g/mol. The minimum absolute atomic E-state index is 0.649. The van der Waals surface area contributed by atoms with Gasteiger partial charge in [0.05, 0.1) is 0 Å². The van der Waals surface area contributed by atoms with Gasteiger partial charge in [0.25, 0.3) is 0 Å². The Bertz CT molecular complexity index is 10200. The summed E-state index contributed by atoms with van der Waals surface area (Å²) >= 11 is 5.62. The SMILES string of the molecule is c1ccc(-c2ccc(-c3nc(-c4ccccc4)nc(-c4ccc5c(-c6ccc7c(ccc8c9ccccc9sc78)c6)cccc5c4)n3)cc2)cc1.c1ccc(-c2nc(-c3ccc(-c4ccc5ccc6c7ccccc7sc6c5c4)cc3)nc(-c3ccc4ccccc4c3)n2)cc1.c1ccc(-c2nc(-c3cccc(-c4ccc5ccc6c7ccccc7sc6c5c4)c3)nc(-c3cc4ccccc4c4ccccc34)n2)cc1. The average molecular weight is 1900 g/mol. The van der Waals surface area contributed by atoms with Crippen molar-refractivity contribution in [2.75, 3.05) is 0 Å². The van der Waals surface area contributed by atoms with E-state index in [-0.39, 0.29) is 0 Å². The maximum atomic E-state index is 5.19. The molecule has 23 aromatic carbocycles. The molecule has 9 nitrogen and oxygen atoms in total. The molecule has 0 saturated carbocycles. The molecule has 6 aromatic heterocycles. The highest BCUT2D eigenvalue weighted by Crippen LogP contribution is 2.47. The molecular formula is C133H81N9S3. The second kappa shape index (κ2) is 36.7. The fourth-order valence-corrected chi connectivity index (χ4v) is 24.1. The van der Waals surface area contributed by atoms with E-state index in [0.29, 0.717) is 52.4 Å². The number of thiophene rings is 3. The first-order valence-electron chi connectivity index (χ1n) is 48.6. The van der Waals surface area contributed by atoms with Gasteiger partial charge in [0.15, 0.2) is 52.4 Å². The summed E-state index contributed by atoms with van der Waals surface area (Å²) in [5.41, 5.74) is 18.0. The molecule has 676 valence electrons. The van der Waals surface area contributed by atoms with Crippen molar-refractivity contribution in [1.82, 2.24) is 44.9 Å². The molecule has 29 rings (SSSR count). The molecule has 0 bridgehead atoms.